The Kier molecular flexibility index (Phi) is 3.62. The first-order chi connectivity index (χ1) is 10.5. The molecule has 0 spiro atoms. The van der Waals surface area contributed by atoms with Crippen LogP contribution in [-0.4, -0.2) is 32.0 Å². The number of nitrogens with zero attached hydrogens (tertiary/aromatic N) is 3. The second-order valence-corrected chi connectivity index (χ2v) is 5.53. The molecule has 3 rings (SSSR count). The summed E-state index contributed by atoms with van der Waals surface area (Å²) >= 11 is 0. The fraction of sp³-hybridized carbons (Fsp3) is 0.333. The number of aromatic amines is 1. The van der Waals surface area contributed by atoms with Gasteiger partial charge in [-0.2, -0.15) is 5.10 Å². The molecule has 1 aliphatic rings. The number of aryl methyl sites for hydroxylation is 1. The van der Waals surface area contributed by atoms with E-state index in [9.17, 15) is 14.9 Å². The summed E-state index contributed by atoms with van der Waals surface area (Å²) in [7, 11) is 0. The Hall–Kier alpha value is -2.70. The summed E-state index contributed by atoms with van der Waals surface area (Å²) in [5.41, 5.74) is 2.00. The number of H-pyrrole nitrogens is 1. The Labute approximate surface area is 127 Å². The molecule has 114 valence electrons. The molecule has 2 aromatic rings. The Morgan fingerprint density at radius 2 is 2.23 bits per heavy atom. The standard InChI is InChI=1S/C15H16N4O3/c1-10-7-14(17-16-10)15(20)18(12-5-6-12)9-11-3-2-4-13(8-11)19(21)22/h2-4,7-8,12H,5-6,9H2,1H3,(H,16,17). The molecule has 0 bridgehead atoms. The molecule has 1 aromatic heterocycles. The maximum atomic E-state index is 12.6. The van der Waals surface area contributed by atoms with Gasteiger partial charge in [-0.1, -0.05) is 12.1 Å². The lowest BCUT2D eigenvalue weighted by molar-refractivity contribution is -0.384. The number of aromatic nitrogens is 2. The lowest BCUT2D eigenvalue weighted by Crippen LogP contribution is -2.32. The van der Waals surface area contributed by atoms with Crippen molar-refractivity contribution in [2.24, 2.45) is 0 Å². The predicted molar refractivity (Wildman–Crippen MR) is 79.3 cm³/mol. The number of non-ortho nitro benzene ring substituents is 1. The number of hydrogen-bond acceptors (Lipinski definition) is 4. The molecule has 0 radical (unpaired) electrons. The van der Waals surface area contributed by atoms with Crippen molar-refractivity contribution >= 4 is 11.6 Å². The summed E-state index contributed by atoms with van der Waals surface area (Å²) in [6.07, 6.45) is 1.92. The van der Waals surface area contributed by atoms with Gasteiger partial charge in [0.15, 0.2) is 0 Å². The second-order valence-electron chi connectivity index (χ2n) is 5.53. The highest BCUT2D eigenvalue weighted by Gasteiger charge is 2.34. The highest BCUT2D eigenvalue weighted by molar-refractivity contribution is 5.92. The molecule has 1 aliphatic carbocycles. The van der Waals surface area contributed by atoms with Crippen molar-refractivity contribution in [3.8, 4) is 0 Å². The van der Waals surface area contributed by atoms with E-state index in [1.54, 1.807) is 23.1 Å². The molecular formula is C15H16N4O3. The van der Waals surface area contributed by atoms with Crippen LogP contribution < -0.4 is 0 Å². The number of hydrogen-bond donors (Lipinski definition) is 1. The summed E-state index contributed by atoms with van der Waals surface area (Å²) in [6.45, 7) is 2.20. The summed E-state index contributed by atoms with van der Waals surface area (Å²) < 4.78 is 0. The number of amides is 1. The fourth-order valence-electron chi connectivity index (χ4n) is 2.39. The lowest BCUT2D eigenvalue weighted by Gasteiger charge is -2.21. The van der Waals surface area contributed by atoms with Crippen LogP contribution in [0.3, 0.4) is 0 Å². The monoisotopic (exact) mass is 300 g/mol. The third kappa shape index (κ3) is 2.98. The zero-order valence-electron chi connectivity index (χ0n) is 12.2. The number of nitro groups is 1. The molecule has 0 unspecified atom stereocenters. The summed E-state index contributed by atoms with van der Waals surface area (Å²) in [4.78, 5) is 24.7. The van der Waals surface area contributed by atoms with E-state index < -0.39 is 4.92 Å². The minimum atomic E-state index is -0.427. The molecular weight excluding hydrogens is 284 g/mol. The van der Waals surface area contributed by atoms with E-state index in [4.69, 9.17) is 0 Å². The smallest absolute Gasteiger partial charge is 0.274 e. The molecule has 1 aromatic carbocycles. The molecule has 0 saturated heterocycles. The van der Waals surface area contributed by atoms with Crippen LogP contribution in [0.5, 0.6) is 0 Å². The van der Waals surface area contributed by atoms with Crippen molar-refractivity contribution < 1.29 is 9.72 Å². The van der Waals surface area contributed by atoms with Crippen molar-refractivity contribution in [3.63, 3.8) is 0 Å². The van der Waals surface area contributed by atoms with Crippen molar-refractivity contribution in [2.45, 2.75) is 32.4 Å². The number of nitro benzene ring substituents is 1. The largest absolute Gasteiger partial charge is 0.330 e. The van der Waals surface area contributed by atoms with E-state index in [-0.39, 0.29) is 17.6 Å². The highest BCUT2D eigenvalue weighted by atomic mass is 16.6. The Bertz CT molecular complexity index is 721. The van der Waals surface area contributed by atoms with Crippen LogP contribution in [0, 0.1) is 17.0 Å². The third-order valence-electron chi connectivity index (χ3n) is 3.65. The van der Waals surface area contributed by atoms with Gasteiger partial charge in [0.1, 0.15) is 5.69 Å². The Balaban J connectivity index is 1.82. The number of benzene rings is 1. The average Bonchev–Trinajstić information content (AvgIpc) is 3.25. The van der Waals surface area contributed by atoms with Gasteiger partial charge in [-0.15, -0.1) is 0 Å². The molecule has 22 heavy (non-hydrogen) atoms. The van der Waals surface area contributed by atoms with E-state index in [0.29, 0.717) is 12.2 Å². The normalized spacial score (nSPS) is 13.9. The zero-order chi connectivity index (χ0) is 15.7. The maximum Gasteiger partial charge on any atom is 0.274 e. The predicted octanol–water partition coefficient (Wildman–Crippen LogP) is 2.43. The van der Waals surface area contributed by atoms with Gasteiger partial charge >= 0.3 is 0 Å². The second kappa shape index (κ2) is 5.59. The molecule has 1 heterocycles. The van der Waals surface area contributed by atoms with Gasteiger partial charge in [0.2, 0.25) is 0 Å². The van der Waals surface area contributed by atoms with Crippen LogP contribution in [0.25, 0.3) is 0 Å². The molecule has 0 aliphatic heterocycles. The van der Waals surface area contributed by atoms with Gasteiger partial charge in [-0.25, -0.2) is 0 Å². The van der Waals surface area contributed by atoms with Crippen LogP contribution in [0.1, 0.15) is 34.6 Å². The topological polar surface area (TPSA) is 92.1 Å². The van der Waals surface area contributed by atoms with E-state index in [2.05, 4.69) is 10.2 Å². The van der Waals surface area contributed by atoms with Gasteiger partial charge in [0.25, 0.3) is 11.6 Å². The molecule has 0 atom stereocenters. The maximum absolute atomic E-state index is 12.6. The highest BCUT2D eigenvalue weighted by Crippen LogP contribution is 2.30. The van der Waals surface area contributed by atoms with Crippen molar-refractivity contribution in [3.05, 3.63) is 57.4 Å². The van der Waals surface area contributed by atoms with Gasteiger partial charge in [-0.05, 0) is 31.4 Å². The molecule has 7 heteroatoms. The Morgan fingerprint density at radius 1 is 1.45 bits per heavy atom. The van der Waals surface area contributed by atoms with E-state index in [0.717, 1.165) is 24.1 Å². The zero-order valence-corrected chi connectivity index (χ0v) is 12.2. The molecule has 1 saturated carbocycles. The molecule has 1 fully saturated rings. The third-order valence-corrected chi connectivity index (χ3v) is 3.65. The van der Waals surface area contributed by atoms with Crippen molar-refractivity contribution in [2.75, 3.05) is 0 Å². The quantitative estimate of drug-likeness (QED) is 0.678. The summed E-state index contributed by atoms with van der Waals surface area (Å²) in [6, 6.07) is 8.31. The number of nitrogens with one attached hydrogen (secondary N) is 1. The summed E-state index contributed by atoms with van der Waals surface area (Å²) in [5.74, 6) is -0.140. The number of rotatable bonds is 5. The van der Waals surface area contributed by atoms with Gasteiger partial charge < -0.3 is 4.90 Å². The molecule has 1 amide bonds. The van der Waals surface area contributed by atoms with Gasteiger partial charge in [-0.3, -0.25) is 20.0 Å². The average molecular weight is 300 g/mol. The van der Waals surface area contributed by atoms with E-state index in [1.807, 2.05) is 6.92 Å². The van der Waals surface area contributed by atoms with Crippen molar-refractivity contribution in [1.82, 2.24) is 15.1 Å². The first kappa shape index (κ1) is 14.2. The SMILES string of the molecule is Cc1cc(C(=O)N(Cc2cccc([N+](=O)[O-])c2)C2CC2)n[nH]1. The van der Waals surface area contributed by atoms with Crippen LogP contribution in [-0.2, 0) is 6.54 Å². The van der Waals surface area contributed by atoms with E-state index in [1.165, 1.54) is 12.1 Å². The first-order valence-electron chi connectivity index (χ1n) is 7.11. The lowest BCUT2D eigenvalue weighted by atomic mass is 10.1. The van der Waals surface area contributed by atoms with Crippen LogP contribution in [0.2, 0.25) is 0 Å². The fourth-order valence-corrected chi connectivity index (χ4v) is 2.39. The number of carbonyl (C=O) groups is 1. The minimum absolute atomic E-state index is 0.0382. The van der Waals surface area contributed by atoms with Gasteiger partial charge in [0, 0.05) is 30.4 Å². The molecule has 1 N–H and O–H groups in total. The molecule has 7 nitrogen and oxygen atoms in total. The first-order valence-corrected chi connectivity index (χ1v) is 7.11. The van der Waals surface area contributed by atoms with Crippen LogP contribution in [0.4, 0.5) is 5.69 Å². The van der Waals surface area contributed by atoms with Crippen LogP contribution >= 0.6 is 0 Å². The number of carbonyl (C=O) groups excluding carboxylic acids is 1. The van der Waals surface area contributed by atoms with Crippen LogP contribution in [0.15, 0.2) is 30.3 Å². The van der Waals surface area contributed by atoms with Crippen molar-refractivity contribution in [1.29, 1.82) is 0 Å². The minimum Gasteiger partial charge on any atom is -0.330 e. The summed E-state index contributed by atoms with van der Waals surface area (Å²) in [5, 5.41) is 17.6. The van der Waals surface area contributed by atoms with Gasteiger partial charge in [0.05, 0.1) is 4.92 Å². The van der Waals surface area contributed by atoms with E-state index >= 15 is 0 Å². The Morgan fingerprint density at radius 3 is 2.82 bits per heavy atom.